The van der Waals surface area contributed by atoms with Crippen molar-refractivity contribution < 1.29 is 27.5 Å². The third-order valence-electron chi connectivity index (χ3n) is 5.34. The Hall–Kier alpha value is -3.24. The van der Waals surface area contributed by atoms with Crippen molar-refractivity contribution in [2.75, 3.05) is 19.7 Å². The summed E-state index contributed by atoms with van der Waals surface area (Å²) in [6, 6.07) is 15.1. The van der Waals surface area contributed by atoms with E-state index >= 15 is 0 Å². The highest BCUT2D eigenvalue weighted by Crippen LogP contribution is 2.24. The molecule has 1 fully saturated rings. The average molecular weight is 474 g/mol. The van der Waals surface area contributed by atoms with E-state index in [2.05, 4.69) is 10.6 Å². The van der Waals surface area contributed by atoms with Gasteiger partial charge in [-0.25, -0.2) is 13.2 Å². The Balaban J connectivity index is 1.39. The number of ether oxygens (including phenoxy) is 1. The summed E-state index contributed by atoms with van der Waals surface area (Å²) < 4.78 is 31.9. The molecule has 0 saturated carbocycles. The van der Waals surface area contributed by atoms with Gasteiger partial charge >= 0.3 is 12.0 Å². The highest BCUT2D eigenvalue weighted by molar-refractivity contribution is 7.89. The molecule has 0 spiro atoms. The summed E-state index contributed by atoms with van der Waals surface area (Å²) in [5, 5.41) is 4.65. The van der Waals surface area contributed by atoms with Gasteiger partial charge in [-0.15, -0.1) is 0 Å². The van der Waals surface area contributed by atoms with Gasteiger partial charge in [0.25, 0.3) is 5.91 Å². The first-order chi connectivity index (χ1) is 15.8. The fourth-order valence-corrected chi connectivity index (χ4v) is 4.90. The molecule has 10 heteroatoms. The third kappa shape index (κ3) is 6.87. The Kier molecular flexibility index (Phi) is 8.18. The maximum Gasteiger partial charge on any atom is 0.321 e. The van der Waals surface area contributed by atoms with Crippen molar-refractivity contribution in [3.8, 4) is 0 Å². The average Bonchev–Trinajstić information content (AvgIpc) is 2.82. The number of nitrogens with zero attached hydrogens (tertiary/aromatic N) is 1. The van der Waals surface area contributed by atoms with Gasteiger partial charge < -0.3 is 10.1 Å². The van der Waals surface area contributed by atoms with Crippen LogP contribution in [0.3, 0.4) is 0 Å². The molecule has 33 heavy (non-hydrogen) atoms. The smallest absolute Gasteiger partial charge is 0.321 e. The van der Waals surface area contributed by atoms with Crippen molar-refractivity contribution in [1.82, 2.24) is 14.9 Å². The monoisotopic (exact) mass is 473 g/mol. The van der Waals surface area contributed by atoms with Gasteiger partial charge in [0, 0.05) is 19.6 Å². The normalized spacial score (nSPS) is 14.9. The fourth-order valence-electron chi connectivity index (χ4n) is 3.43. The van der Waals surface area contributed by atoms with E-state index < -0.39 is 40.5 Å². The quantitative estimate of drug-likeness (QED) is 0.593. The molecule has 1 saturated heterocycles. The molecule has 3 amide bonds. The molecule has 3 rings (SSSR count). The van der Waals surface area contributed by atoms with Crippen LogP contribution >= 0.6 is 0 Å². The number of aryl methyl sites for hydroxylation is 1. The molecule has 0 unspecified atom stereocenters. The van der Waals surface area contributed by atoms with Crippen molar-refractivity contribution in [1.29, 1.82) is 0 Å². The maximum absolute atomic E-state index is 12.8. The first-order valence-corrected chi connectivity index (χ1v) is 12.0. The highest BCUT2D eigenvalue weighted by Gasteiger charge is 2.33. The molecule has 176 valence electrons. The van der Waals surface area contributed by atoms with Gasteiger partial charge in [0.05, 0.1) is 10.8 Å². The second-order valence-electron chi connectivity index (χ2n) is 7.82. The zero-order chi connectivity index (χ0) is 23.8. The molecule has 0 atom stereocenters. The molecular weight excluding hydrogens is 446 g/mol. The van der Waals surface area contributed by atoms with E-state index in [0.717, 1.165) is 11.1 Å². The van der Waals surface area contributed by atoms with E-state index in [-0.39, 0.29) is 24.5 Å². The van der Waals surface area contributed by atoms with Gasteiger partial charge in [-0.05, 0) is 37.5 Å². The van der Waals surface area contributed by atoms with Crippen molar-refractivity contribution in [3.63, 3.8) is 0 Å². The topological polar surface area (TPSA) is 122 Å². The Morgan fingerprint density at radius 2 is 1.64 bits per heavy atom. The van der Waals surface area contributed by atoms with E-state index in [1.807, 2.05) is 37.3 Å². The highest BCUT2D eigenvalue weighted by atomic mass is 32.2. The number of carbonyl (C=O) groups is 3. The van der Waals surface area contributed by atoms with Gasteiger partial charge in [0.1, 0.15) is 0 Å². The summed E-state index contributed by atoms with van der Waals surface area (Å²) in [5.74, 6) is -1.83. The number of amides is 3. The number of urea groups is 1. The van der Waals surface area contributed by atoms with Gasteiger partial charge in [-0.2, -0.15) is 4.31 Å². The maximum atomic E-state index is 12.8. The predicted molar refractivity (Wildman–Crippen MR) is 120 cm³/mol. The van der Waals surface area contributed by atoms with Crippen LogP contribution in [0.25, 0.3) is 0 Å². The van der Waals surface area contributed by atoms with Gasteiger partial charge in [0.15, 0.2) is 6.61 Å². The summed E-state index contributed by atoms with van der Waals surface area (Å²) in [5.41, 5.74) is 1.84. The van der Waals surface area contributed by atoms with Crippen LogP contribution in [0, 0.1) is 12.8 Å². The molecule has 2 aromatic rings. The first-order valence-electron chi connectivity index (χ1n) is 10.6. The van der Waals surface area contributed by atoms with Gasteiger partial charge in [0.2, 0.25) is 10.0 Å². The standard InChI is InChI=1S/C23H27N3O6S/c1-17-7-9-20(10-8-17)33(30,31)26-13-11-19(12-14-26)22(28)32-16-21(27)25-23(29)24-15-18-5-3-2-4-6-18/h2-10,19H,11-16H2,1H3,(H2,24,25,27,29). The summed E-state index contributed by atoms with van der Waals surface area (Å²) >= 11 is 0. The lowest BCUT2D eigenvalue weighted by Gasteiger charge is -2.30. The first kappa shape index (κ1) is 24.4. The minimum atomic E-state index is -3.62. The van der Waals surface area contributed by atoms with E-state index in [1.54, 1.807) is 24.3 Å². The van der Waals surface area contributed by atoms with Crippen LogP contribution in [0.15, 0.2) is 59.5 Å². The Labute approximate surface area is 193 Å². The zero-order valence-corrected chi connectivity index (χ0v) is 19.1. The molecule has 0 aromatic heterocycles. The number of sulfonamides is 1. The summed E-state index contributed by atoms with van der Waals surface area (Å²) in [4.78, 5) is 36.2. The minimum absolute atomic E-state index is 0.185. The number of hydrogen-bond donors (Lipinski definition) is 2. The van der Waals surface area contributed by atoms with Crippen molar-refractivity contribution in [2.24, 2.45) is 5.92 Å². The van der Waals surface area contributed by atoms with Crippen LogP contribution in [0.1, 0.15) is 24.0 Å². The molecular formula is C23H27N3O6S. The summed E-state index contributed by atoms with van der Waals surface area (Å²) in [6.07, 6.45) is 0.589. The number of carbonyl (C=O) groups excluding carboxylic acids is 3. The summed E-state index contributed by atoms with van der Waals surface area (Å²) in [6.45, 7) is 1.92. The number of imide groups is 1. The van der Waals surface area contributed by atoms with Crippen LogP contribution in [-0.4, -0.2) is 50.3 Å². The lowest BCUT2D eigenvalue weighted by Crippen LogP contribution is -2.42. The second-order valence-corrected chi connectivity index (χ2v) is 9.75. The molecule has 1 heterocycles. The number of nitrogens with one attached hydrogen (secondary N) is 2. The van der Waals surface area contributed by atoms with E-state index in [9.17, 15) is 22.8 Å². The second kappa shape index (κ2) is 11.1. The largest absolute Gasteiger partial charge is 0.455 e. The molecule has 1 aliphatic rings. The third-order valence-corrected chi connectivity index (χ3v) is 7.25. The van der Waals surface area contributed by atoms with Crippen molar-refractivity contribution in [2.45, 2.75) is 31.2 Å². The molecule has 2 N–H and O–H groups in total. The van der Waals surface area contributed by atoms with Crippen LogP contribution in [0.5, 0.6) is 0 Å². The Bertz CT molecular complexity index is 1080. The van der Waals surface area contributed by atoms with E-state index in [1.165, 1.54) is 4.31 Å². The van der Waals surface area contributed by atoms with Gasteiger partial charge in [-0.3, -0.25) is 14.9 Å². The lowest BCUT2D eigenvalue weighted by molar-refractivity contribution is -0.153. The van der Waals surface area contributed by atoms with Crippen LogP contribution in [-0.2, 0) is 30.9 Å². The lowest BCUT2D eigenvalue weighted by atomic mass is 9.98. The van der Waals surface area contributed by atoms with Crippen molar-refractivity contribution in [3.05, 3.63) is 65.7 Å². The minimum Gasteiger partial charge on any atom is -0.455 e. The van der Waals surface area contributed by atoms with Crippen molar-refractivity contribution >= 4 is 27.9 Å². The molecule has 9 nitrogen and oxygen atoms in total. The van der Waals surface area contributed by atoms with Crippen LogP contribution in [0.2, 0.25) is 0 Å². The van der Waals surface area contributed by atoms with Crippen LogP contribution in [0.4, 0.5) is 4.79 Å². The van der Waals surface area contributed by atoms with Gasteiger partial charge in [-0.1, -0.05) is 48.0 Å². The van der Waals surface area contributed by atoms with E-state index in [4.69, 9.17) is 4.74 Å². The van der Waals surface area contributed by atoms with Crippen LogP contribution < -0.4 is 10.6 Å². The number of rotatable bonds is 7. The Morgan fingerprint density at radius 1 is 1.00 bits per heavy atom. The number of benzene rings is 2. The molecule has 0 bridgehead atoms. The Morgan fingerprint density at radius 3 is 2.27 bits per heavy atom. The predicted octanol–water partition coefficient (Wildman–Crippen LogP) is 1.96. The molecule has 0 radical (unpaired) electrons. The number of hydrogen-bond acceptors (Lipinski definition) is 6. The molecule has 1 aliphatic heterocycles. The fraction of sp³-hybridized carbons (Fsp3) is 0.348. The molecule has 0 aliphatic carbocycles. The zero-order valence-electron chi connectivity index (χ0n) is 18.3. The number of esters is 1. The molecule has 2 aromatic carbocycles. The SMILES string of the molecule is Cc1ccc(S(=O)(=O)N2CCC(C(=O)OCC(=O)NC(=O)NCc3ccccc3)CC2)cc1. The van der Waals surface area contributed by atoms with E-state index in [0.29, 0.717) is 12.8 Å². The summed E-state index contributed by atoms with van der Waals surface area (Å²) in [7, 11) is -3.62. The number of piperidine rings is 1.